The molecule has 0 atom stereocenters. The SMILES string of the molecule is CCCCOc1ccc(NC(=O)CCCOc2ccc(Cl)cc2)cc1. The summed E-state index contributed by atoms with van der Waals surface area (Å²) in [4.78, 5) is 11.9. The summed E-state index contributed by atoms with van der Waals surface area (Å²) in [5.41, 5.74) is 0.770. The minimum atomic E-state index is -0.0284. The molecule has 1 amide bonds. The van der Waals surface area contributed by atoms with Crippen molar-refractivity contribution >= 4 is 23.2 Å². The number of benzene rings is 2. The van der Waals surface area contributed by atoms with Crippen molar-refractivity contribution in [1.29, 1.82) is 0 Å². The molecule has 0 saturated carbocycles. The summed E-state index contributed by atoms with van der Waals surface area (Å²) in [5.74, 6) is 1.55. The van der Waals surface area contributed by atoms with Crippen molar-refractivity contribution in [3.63, 3.8) is 0 Å². The predicted octanol–water partition coefficient (Wildman–Crippen LogP) is 5.32. The molecule has 134 valence electrons. The maximum absolute atomic E-state index is 11.9. The zero-order valence-electron chi connectivity index (χ0n) is 14.5. The van der Waals surface area contributed by atoms with Crippen LogP contribution in [0.25, 0.3) is 0 Å². The summed E-state index contributed by atoms with van der Waals surface area (Å²) < 4.78 is 11.2. The average Bonchev–Trinajstić information content (AvgIpc) is 2.62. The molecular formula is C20H24ClNO3. The molecule has 4 nitrogen and oxygen atoms in total. The minimum absolute atomic E-state index is 0.0284. The molecule has 0 unspecified atom stereocenters. The third-order valence-corrected chi connectivity index (χ3v) is 3.79. The second-order valence-corrected chi connectivity index (χ2v) is 6.12. The van der Waals surface area contributed by atoms with E-state index in [1.807, 2.05) is 36.4 Å². The molecule has 2 rings (SSSR count). The van der Waals surface area contributed by atoms with Gasteiger partial charge in [-0.3, -0.25) is 4.79 Å². The van der Waals surface area contributed by atoms with Crippen LogP contribution in [-0.4, -0.2) is 19.1 Å². The average molecular weight is 362 g/mol. The number of unbranched alkanes of at least 4 members (excludes halogenated alkanes) is 1. The standard InChI is InChI=1S/C20H24ClNO3/c1-2-3-14-24-19-12-8-17(9-13-19)22-20(23)5-4-15-25-18-10-6-16(21)7-11-18/h6-13H,2-5,14-15H2,1H3,(H,22,23). The van der Waals surface area contributed by atoms with E-state index < -0.39 is 0 Å². The van der Waals surface area contributed by atoms with Crippen LogP contribution in [0.3, 0.4) is 0 Å². The molecule has 0 saturated heterocycles. The van der Waals surface area contributed by atoms with Gasteiger partial charge in [0.05, 0.1) is 13.2 Å². The largest absolute Gasteiger partial charge is 0.494 e. The lowest BCUT2D eigenvalue weighted by Crippen LogP contribution is -2.12. The third kappa shape index (κ3) is 7.48. The van der Waals surface area contributed by atoms with Gasteiger partial charge in [-0.25, -0.2) is 0 Å². The molecule has 0 aromatic heterocycles. The van der Waals surface area contributed by atoms with Gasteiger partial charge in [0, 0.05) is 17.1 Å². The minimum Gasteiger partial charge on any atom is -0.494 e. The van der Waals surface area contributed by atoms with Crippen molar-refractivity contribution in [2.75, 3.05) is 18.5 Å². The van der Waals surface area contributed by atoms with Gasteiger partial charge in [-0.1, -0.05) is 24.9 Å². The number of nitrogens with one attached hydrogen (secondary N) is 1. The molecule has 0 aliphatic heterocycles. The molecule has 0 bridgehead atoms. The van der Waals surface area contributed by atoms with Crippen molar-refractivity contribution in [3.05, 3.63) is 53.6 Å². The molecule has 2 aromatic carbocycles. The molecule has 0 aliphatic carbocycles. The fraction of sp³-hybridized carbons (Fsp3) is 0.350. The number of anilines is 1. The fourth-order valence-corrected chi connectivity index (χ4v) is 2.27. The highest BCUT2D eigenvalue weighted by Crippen LogP contribution is 2.17. The van der Waals surface area contributed by atoms with Crippen LogP contribution < -0.4 is 14.8 Å². The number of amides is 1. The molecule has 0 fully saturated rings. The lowest BCUT2D eigenvalue weighted by molar-refractivity contribution is -0.116. The number of rotatable bonds is 10. The summed E-state index contributed by atoms with van der Waals surface area (Å²) in [6, 6.07) is 14.6. The van der Waals surface area contributed by atoms with Crippen LogP contribution >= 0.6 is 11.6 Å². The van der Waals surface area contributed by atoms with Gasteiger partial charge in [0.25, 0.3) is 0 Å². The molecule has 1 N–H and O–H groups in total. The molecule has 5 heteroatoms. The Kier molecular flexibility index (Phi) is 8.13. The van der Waals surface area contributed by atoms with E-state index in [9.17, 15) is 4.79 Å². The highest BCUT2D eigenvalue weighted by atomic mass is 35.5. The van der Waals surface area contributed by atoms with E-state index in [0.717, 1.165) is 36.6 Å². The summed E-state index contributed by atoms with van der Waals surface area (Å²) >= 11 is 5.82. The van der Waals surface area contributed by atoms with Crippen LogP contribution in [0.5, 0.6) is 11.5 Å². The molecule has 25 heavy (non-hydrogen) atoms. The van der Waals surface area contributed by atoms with E-state index in [1.165, 1.54) is 0 Å². The van der Waals surface area contributed by atoms with E-state index in [4.69, 9.17) is 21.1 Å². The summed E-state index contributed by atoms with van der Waals surface area (Å²) in [6.07, 6.45) is 3.20. The van der Waals surface area contributed by atoms with Gasteiger partial charge in [0.1, 0.15) is 11.5 Å². The van der Waals surface area contributed by atoms with Gasteiger partial charge in [-0.05, 0) is 61.4 Å². The van der Waals surface area contributed by atoms with Crippen LogP contribution in [-0.2, 0) is 4.79 Å². The maximum atomic E-state index is 11.9. The second kappa shape index (κ2) is 10.6. The first-order valence-corrected chi connectivity index (χ1v) is 8.96. The maximum Gasteiger partial charge on any atom is 0.224 e. The topological polar surface area (TPSA) is 47.6 Å². The molecular weight excluding hydrogens is 338 g/mol. The Labute approximate surface area is 154 Å². The van der Waals surface area contributed by atoms with Gasteiger partial charge in [-0.15, -0.1) is 0 Å². The van der Waals surface area contributed by atoms with E-state index in [2.05, 4.69) is 12.2 Å². The van der Waals surface area contributed by atoms with Crippen molar-refractivity contribution in [1.82, 2.24) is 0 Å². The molecule has 0 radical (unpaired) electrons. The lowest BCUT2D eigenvalue weighted by atomic mass is 10.2. The van der Waals surface area contributed by atoms with Gasteiger partial charge in [-0.2, -0.15) is 0 Å². The Hall–Kier alpha value is -2.20. The monoisotopic (exact) mass is 361 g/mol. The summed E-state index contributed by atoms with van der Waals surface area (Å²) in [5, 5.41) is 3.55. The van der Waals surface area contributed by atoms with Gasteiger partial charge >= 0.3 is 0 Å². The fourth-order valence-electron chi connectivity index (χ4n) is 2.15. The number of ether oxygens (including phenoxy) is 2. The Morgan fingerprint density at radius 2 is 1.48 bits per heavy atom. The number of hydrogen-bond donors (Lipinski definition) is 1. The zero-order valence-corrected chi connectivity index (χ0v) is 15.2. The quantitative estimate of drug-likeness (QED) is 0.583. The van der Waals surface area contributed by atoms with Gasteiger partial charge in [0.15, 0.2) is 0 Å². The number of hydrogen-bond acceptors (Lipinski definition) is 3. The highest BCUT2D eigenvalue weighted by Gasteiger charge is 2.03. The number of carbonyl (C=O) groups excluding carboxylic acids is 1. The smallest absolute Gasteiger partial charge is 0.224 e. The third-order valence-electron chi connectivity index (χ3n) is 3.54. The molecule has 0 aliphatic rings. The van der Waals surface area contributed by atoms with Crippen LogP contribution in [0, 0.1) is 0 Å². The van der Waals surface area contributed by atoms with Crippen molar-refractivity contribution < 1.29 is 14.3 Å². The summed E-state index contributed by atoms with van der Waals surface area (Å²) in [6.45, 7) is 3.33. The molecule has 0 heterocycles. The normalized spacial score (nSPS) is 10.3. The number of halogens is 1. The van der Waals surface area contributed by atoms with Crippen LogP contribution in [0.15, 0.2) is 48.5 Å². The van der Waals surface area contributed by atoms with Crippen LogP contribution in [0.1, 0.15) is 32.6 Å². The highest BCUT2D eigenvalue weighted by molar-refractivity contribution is 6.30. The van der Waals surface area contributed by atoms with Crippen LogP contribution in [0.2, 0.25) is 5.02 Å². The number of carbonyl (C=O) groups is 1. The van der Waals surface area contributed by atoms with E-state index in [0.29, 0.717) is 24.5 Å². The molecule has 0 spiro atoms. The Morgan fingerprint density at radius 1 is 0.920 bits per heavy atom. The van der Waals surface area contributed by atoms with Crippen molar-refractivity contribution in [2.45, 2.75) is 32.6 Å². The van der Waals surface area contributed by atoms with E-state index >= 15 is 0 Å². The Morgan fingerprint density at radius 3 is 2.08 bits per heavy atom. The molecule has 2 aromatic rings. The first kappa shape index (κ1) is 19.1. The first-order valence-electron chi connectivity index (χ1n) is 8.58. The Bertz CT molecular complexity index is 641. The second-order valence-electron chi connectivity index (χ2n) is 5.68. The zero-order chi connectivity index (χ0) is 17.9. The van der Waals surface area contributed by atoms with E-state index in [-0.39, 0.29) is 5.91 Å². The van der Waals surface area contributed by atoms with E-state index in [1.54, 1.807) is 12.1 Å². The Balaban J connectivity index is 1.65. The predicted molar refractivity (Wildman–Crippen MR) is 102 cm³/mol. The van der Waals surface area contributed by atoms with Gasteiger partial charge < -0.3 is 14.8 Å². The lowest BCUT2D eigenvalue weighted by Gasteiger charge is -2.09. The van der Waals surface area contributed by atoms with Crippen LogP contribution in [0.4, 0.5) is 5.69 Å². The van der Waals surface area contributed by atoms with Gasteiger partial charge in [0.2, 0.25) is 5.91 Å². The van der Waals surface area contributed by atoms with Crippen molar-refractivity contribution in [3.8, 4) is 11.5 Å². The first-order chi connectivity index (χ1) is 12.2. The summed E-state index contributed by atoms with van der Waals surface area (Å²) in [7, 11) is 0. The van der Waals surface area contributed by atoms with Crippen molar-refractivity contribution in [2.24, 2.45) is 0 Å².